The van der Waals surface area contributed by atoms with Crippen LogP contribution in [0.4, 0.5) is 11.4 Å². The van der Waals surface area contributed by atoms with Gasteiger partial charge in [-0.3, -0.25) is 0 Å². The van der Waals surface area contributed by atoms with Gasteiger partial charge in [0.1, 0.15) is 6.07 Å². The fraction of sp³-hybridized carbons (Fsp3) is 0.462. The molecule has 1 unspecified atom stereocenters. The Morgan fingerprint density at radius 1 is 1.38 bits per heavy atom. The lowest BCUT2D eigenvalue weighted by molar-refractivity contribution is 0.359. The summed E-state index contributed by atoms with van der Waals surface area (Å²) in [6, 6.07) is 7.86. The van der Waals surface area contributed by atoms with Crippen LogP contribution in [0.5, 0.6) is 0 Å². The summed E-state index contributed by atoms with van der Waals surface area (Å²) in [5, 5.41) is 12.3. The average molecular weight is 217 g/mol. The van der Waals surface area contributed by atoms with Gasteiger partial charge in [-0.1, -0.05) is 20.8 Å². The summed E-state index contributed by atoms with van der Waals surface area (Å²) in [5.74, 6) is 0. The number of anilines is 2. The maximum Gasteiger partial charge on any atom is 0.101 e. The van der Waals surface area contributed by atoms with Crippen molar-refractivity contribution in [1.29, 1.82) is 5.26 Å². The summed E-state index contributed by atoms with van der Waals surface area (Å²) in [6.45, 7) is 8.65. The molecule has 0 aliphatic carbocycles. The highest BCUT2D eigenvalue weighted by atomic mass is 14.9. The molecule has 0 radical (unpaired) electrons. The van der Waals surface area contributed by atoms with Crippen molar-refractivity contribution >= 4 is 11.4 Å². The van der Waals surface area contributed by atoms with E-state index < -0.39 is 0 Å². The average Bonchev–Trinajstić information content (AvgIpc) is 2.19. The molecule has 0 bridgehead atoms. The SMILES string of the molecule is CC(Nc1ccc(N)c(C#N)c1)C(C)(C)C. The summed E-state index contributed by atoms with van der Waals surface area (Å²) in [4.78, 5) is 0. The van der Waals surface area contributed by atoms with E-state index in [4.69, 9.17) is 11.0 Å². The van der Waals surface area contributed by atoms with Gasteiger partial charge in [0.05, 0.1) is 5.56 Å². The Bertz CT molecular complexity index is 410. The predicted octanol–water partition coefficient (Wildman–Crippen LogP) is 2.99. The standard InChI is InChI=1S/C13H19N3/c1-9(13(2,3)4)16-11-5-6-12(15)10(7-11)8-14/h5-7,9,16H,15H2,1-4H3. The van der Waals surface area contributed by atoms with Gasteiger partial charge in [0, 0.05) is 17.4 Å². The molecule has 0 fully saturated rings. The molecule has 0 aromatic heterocycles. The molecule has 1 atom stereocenters. The summed E-state index contributed by atoms with van der Waals surface area (Å²) in [5.41, 5.74) is 7.82. The Hall–Kier alpha value is -1.69. The molecule has 0 saturated heterocycles. The number of nitrogens with zero attached hydrogens (tertiary/aromatic N) is 1. The Balaban J connectivity index is 2.88. The zero-order valence-corrected chi connectivity index (χ0v) is 10.3. The van der Waals surface area contributed by atoms with Crippen molar-refractivity contribution in [2.24, 2.45) is 5.41 Å². The highest BCUT2D eigenvalue weighted by molar-refractivity contribution is 5.62. The summed E-state index contributed by atoms with van der Waals surface area (Å²) in [6.07, 6.45) is 0. The number of nitrogens with two attached hydrogens (primary N) is 1. The molecule has 0 aliphatic rings. The third-order valence-electron chi connectivity index (χ3n) is 2.86. The normalized spacial score (nSPS) is 12.9. The first-order valence-corrected chi connectivity index (χ1v) is 5.41. The van der Waals surface area contributed by atoms with Gasteiger partial charge in [-0.15, -0.1) is 0 Å². The fourth-order valence-electron chi connectivity index (χ4n) is 1.21. The van der Waals surface area contributed by atoms with Crippen LogP contribution < -0.4 is 11.1 Å². The molecule has 0 heterocycles. The minimum absolute atomic E-state index is 0.175. The van der Waals surface area contributed by atoms with Crippen LogP contribution in [-0.4, -0.2) is 6.04 Å². The second kappa shape index (κ2) is 4.44. The van der Waals surface area contributed by atoms with Gasteiger partial charge in [0.25, 0.3) is 0 Å². The summed E-state index contributed by atoms with van der Waals surface area (Å²) < 4.78 is 0. The zero-order chi connectivity index (χ0) is 12.3. The first-order valence-electron chi connectivity index (χ1n) is 5.41. The quantitative estimate of drug-likeness (QED) is 0.748. The molecule has 1 aromatic carbocycles. The van der Waals surface area contributed by atoms with E-state index in [0.717, 1.165) is 5.69 Å². The van der Waals surface area contributed by atoms with Gasteiger partial charge in [-0.25, -0.2) is 0 Å². The van der Waals surface area contributed by atoms with Crippen LogP contribution >= 0.6 is 0 Å². The van der Waals surface area contributed by atoms with Crippen molar-refractivity contribution in [3.8, 4) is 6.07 Å². The molecule has 0 saturated carbocycles. The van der Waals surface area contributed by atoms with Crippen molar-refractivity contribution in [3.63, 3.8) is 0 Å². The van der Waals surface area contributed by atoms with E-state index in [1.807, 2.05) is 6.07 Å². The van der Waals surface area contributed by atoms with Gasteiger partial charge in [0.2, 0.25) is 0 Å². The summed E-state index contributed by atoms with van der Waals surface area (Å²) in [7, 11) is 0. The number of nitrogens with one attached hydrogen (secondary N) is 1. The van der Waals surface area contributed by atoms with E-state index in [9.17, 15) is 0 Å². The van der Waals surface area contributed by atoms with Crippen LogP contribution in [-0.2, 0) is 0 Å². The number of rotatable bonds is 2. The number of nitrogen functional groups attached to an aromatic ring is 1. The molecule has 1 aromatic rings. The van der Waals surface area contributed by atoms with E-state index in [1.165, 1.54) is 0 Å². The van der Waals surface area contributed by atoms with Crippen molar-refractivity contribution in [2.75, 3.05) is 11.1 Å². The van der Waals surface area contributed by atoms with Gasteiger partial charge in [0.15, 0.2) is 0 Å². The first kappa shape index (κ1) is 12.4. The Morgan fingerprint density at radius 2 is 2.00 bits per heavy atom. The van der Waals surface area contributed by atoms with Gasteiger partial charge in [-0.05, 0) is 30.5 Å². The minimum Gasteiger partial charge on any atom is -0.398 e. The monoisotopic (exact) mass is 217 g/mol. The maximum atomic E-state index is 8.88. The van der Waals surface area contributed by atoms with Gasteiger partial charge in [-0.2, -0.15) is 5.26 Å². The minimum atomic E-state index is 0.175. The molecule has 3 nitrogen and oxygen atoms in total. The van der Waals surface area contributed by atoms with Gasteiger partial charge < -0.3 is 11.1 Å². The lowest BCUT2D eigenvalue weighted by Crippen LogP contribution is -2.30. The third-order valence-corrected chi connectivity index (χ3v) is 2.86. The molecule has 16 heavy (non-hydrogen) atoms. The van der Waals surface area contributed by atoms with Crippen LogP contribution in [0.15, 0.2) is 18.2 Å². The topological polar surface area (TPSA) is 61.8 Å². The number of benzene rings is 1. The Kier molecular flexibility index (Phi) is 3.44. The van der Waals surface area contributed by atoms with Crippen LogP contribution in [0, 0.1) is 16.7 Å². The molecule has 0 spiro atoms. The zero-order valence-electron chi connectivity index (χ0n) is 10.3. The smallest absolute Gasteiger partial charge is 0.101 e. The molecular weight excluding hydrogens is 198 g/mol. The van der Waals surface area contributed by atoms with E-state index >= 15 is 0 Å². The number of nitriles is 1. The van der Waals surface area contributed by atoms with Crippen LogP contribution in [0.2, 0.25) is 0 Å². The molecule has 1 rings (SSSR count). The summed E-state index contributed by atoms with van der Waals surface area (Å²) >= 11 is 0. The second-order valence-corrected chi connectivity index (χ2v) is 5.15. The highest BCUT2D eigenvalue weighted by Crippen LogP contribution is 2.24. The van der Waals surface area contributed by atoms with Gasteiger partial charge >= 0.3 is 0 Å². The van der Waals surface area contributed by atoms with Crippen molar-refractivity contribution in [3.05, 3.63) is 23.8 Å². The van der Waals surface area contributed by atoms with Crippen LogP contribution in [0.1, 0.15) is 33.3 Å². The van der Waals surface area contributed by atoms with Crippen molar-refractivity contribution < 1.29 is 0 Å². The van der Waals surface area contributed by atoms with E-state index in [2.05, 4.69) is 39.1 Å². The predicted molar refractivity (Wildman–Crippen MR) is 68.1 cm³/mol. The second-order valence-electron chi connectivity index (χ2n) is 5.15. The fourth-order valence-corrected chi connectivity index (χ4v) is 1.21. The Labute approximate surface area is 97.3 Å². The van der Waals surface area contributed by atoms with Crippen molar-refractivity contribution in [2.45, 2.75) is 33.7 Å². The number of hydrogen-bond donors (Lipinski definition) is 2. The molecule has 3 N–H and O–H groups in total. The molecule has 3 heteroatoms. The van der Waals surface area contributed by atoms with Crippen LogP contribution in [0.3, 0.4) is 0 Å². The van der Waals surface area contributed by atoms with E-state index in [0.29, 0.717) is 17.3 Å². The molecule has 0 aliphatic heterocycles. The molecule has 0 amide bonds. The number of hydrogen-bond acceptors (Lipinski definition) is 3. The van der Waals surface area contributed by atoms with E-state index in [1.54, 1.807) is 12.1 Å². The molecule has 86 valence electrons. The maximum absolute atomic E-state index is 8.88. The third kappa shape index (κ3) is 2.90. The lowest BCUT2D eigenvalue weighted by Gasteiger charge is -2.29. The first-order chi connectivity index (χ1) is 7.34. The largest absolute Gasteiger partial charge is 0.398 e. The van der Waals surface area contributed by atoms with Crippen LogP contribution in [0.25, 0.3) is 0 Å². The lowest BCUT2D eigenvalue weighted by atomic mass is 9.88. The highest BCUT2D eigenvalue weighted by Gasteiger charge is 2.19. The Morgan fingerprint density at radius 3 is 2.50 bits per heavy atom. The molecular formula is C13H19N3. The van der Waals surface area contributed by atoms with E-state index in [-0.39, 0.29) is 5.41 Å². The van der Waals surface area contributed by atoms with Crippen molar-refractivity contribution in [1.82, 2.24) is 0 Å².